The largest absolute Gasteiger partial charge is 0.372 e. The van der Waals surface area contributed by atoms with Crippen LogP contribution in [0.25, 0.3) is 0 Å². The Balaban J connectivity index is 2.73. The number of benzene rings is 1. The molecule has 1 N–H and O–H groups in total. The van der Waals surface area contributed by atoms with Crippen LogP contribution in [0.1, 0.15) is 30.9 Å². The molecular weight excluding hydrogens is 184 g/mol. The Morgan fingerprint density at radius 2 is 1.93 bits per heavy atom. The molecule has 15 heavy (non-hydrogen) atoms. The van der Waals surface area contributed by atoms with Gasteiger partial charge >= 0.3 is 0 Å². The van der Waals surface area contributed by atoms with Crippen molar-refractivity contribution in [3.8, 4) is 0 Å². The van der Waals surface area contributed by atoms with Gasteiger partial charge in [-0.1, -0.05) is 19.9 Å². The molecule has 0 aliphatic carbocycles. The van der Waals surface area contributed by atoms with E-state index in [4.69, 9.17) is 0 Å². The Morgan fingerprint density at radius 3 is 2.40 bits per heavy atom. The quantitative estimate of drug-likeness (QED) is 0.762. The van der Waals surface area contributed by atoms with Crippen molar-refractivity contribution in [1.82, 2.24) is 4.90 Å². The summed E-state index contributed by atoms with van der Waals surface area (Å²) in [7, 11) is 4.12. The predicted octanol–water partition coefficient (Wildman–Crippen LogP) is 3.05. The van der Waals surface area contributed by atoms with E-state index in [1.165, 1.54) is 16.8 Å². The third-order valence-electron chi connectivity index (χ3n) is 2.49. The van der Waals surface area contributed by atoms with E-state index >= 15 is 0 Å². The van der Waals surface area contributed by atoms with Crippen molar-refractivity contribution in [2.24, 2.45) is 0 Å². The zero-order valence-electron chi connectivity index (χ0n) is 10.5. The van der Waals surface area contributed by atoms with Gasteiger partial charge in [0.2, 0.25) is 0 Å². The molecule has 0 fully saturated rings. The summed E-state index contributed by atoms with van der Waals surface area (Å²) in [6.07, 6.45) is 0. The minimum atomic E-state index is 0.605. The van der Waals surface area contributed by atoms with Gasteiger partial charge in [0.15, 0.2) is 0 Å². The first kappa shape index (κ1) is 12.1. The van der Waals surface area contributed by atoms with Gasteiger partial charge < -0.3 is 5.32 Å². The van der Waals surface area contributed by atoms with Gasteiger partial charge in [0.05, 0.1) is 6.67 Å². The molecule has 0 atom stereocenters. The number of hydrogen-bond donors (Lipinski definition) is 1. The maximum absolute atomic E-state index is 3.38. The maximum Gasteiger partial charge on any atom is 0.0673 e. The number of rotatable bonds is 4. The van der Waals surface area contributed by atoms with Crippen LogP contribution in [0.3, 0.4) is 0 Å². The van der Waals surface area contributed by atoms with Gasteiger partial charge in [-0.3, -0.25) is 4.90 Å². The molecule has 0 aliphatic rings. The van der Waals surface area contributed by atoms with E-state index < -0.39 is 0 Å². The first-order valence-corrected chi connectivity index (χ1v) is 5.50. The highest BCUT2D eigenvalue weighted by Crippen LogP contribution is 2.21. The summed E-state index contributed by atoms with van der Waals surface area (Å²) in [6.45, 7) is 7.52. The Morgan fingerprint density at radius 1 is 1.27 bits per heavy atom. The molecule has 1 aromatic rings. The van der Waals surface area contributed by atoms with Gasteiger partial charge in [0.25, 0.3) is 0 Å². The average molecular weight is 206 g/mol. The Hall–Kier alpha value is -1.02. The highest BCUT2D eigenvalue weighted by molar-refractivity contribution is 5.48. The average Bonchev–Trinajstić information content (AvgIpc) is 2.14. The molecule has 2 heteroatoms. The summed E-state index contributed by atoms with van der Waals surface area (Å²) in [5.41, 5.74) is 4.00. The van der Waals surface area contributed by atoms with Gasteiger partial charge in [0.1, 0.15) is 0 Å². The summed E-state index contributed by atoms with van der Waals surface area (Å²) in [5, 5.41) is 3.38. The van der Waals surface area contributed by atoms with E-state index in [9.17, 15) is 0 Å². The minimum Gasteiger partial charge on any atom is -0.372 e. The number of aryl methyl sites for hydroxylation is 1. The first-order chi connectivity index (χ1) is 7.00. The SMILES string of the molecule is Cc1cc(NCN(C)C)ccc1C(C)C. The lowest BCUT2D eigenvalue weighted by Crippen LogP contribution is -2.20. The fourth-order valence-corrected chi connectivity index (χ4v) is 1.68. The van der Waals surface area contributed by atoms with E-state index in [-0.39, 0.29) is 0 Å². The minimum absolute atomic E-state index is 0.605. The second-order valence-electron chi connectivity index (χ2n) is 4.64. The topological polar surface area (TPSA) is 15.3 Å². The molecular formula is C13H22N2. The highest BCUT2D eigenvalue weighted by Gasteiger charge is 2.03. The molecule has 2 nitrogen and oxygen atoms in total. The van der Waals surface area contributed by atoms with Crippen LogP contribution in [0, 0.1) is 6.92 Å². The van der Waals surface area contributed by atoms with Crippen LogP contribution in [0.2, 0.25) is 0 Å². The lowest BCUT2D eigenvalue weighted by Gasteiger charge is -2.15. The summed E-state index contributed by atoms with van der Waals surface area (Å²) < 4.78 is 0. The third-order valence-corrected chi connectivity index (χ3v) is 2.49. The Labute approximate surface area is 93.3 Å². The van der Waals surface area contributed by atoms with Crippen molar-refractivity contribution < 1.29 is 0 Å². The van der Waals surface area contributed by atoms with E-state index in [0.29, 0.717) is 5.92 Å². The van der Waals surface area contributed by atoms with Crippen LogP contribution >= 0.6 is 0 Å². The predicted molar refractivity (Wildman–Crippen MR) is 67.4 cm³/mol. The molecule has 0 saturated heterocycles. The van der Waals surface area contributed by atoms with E-state index in [0.717, 1.165) is 6.67 Å². The molecule has 1 rings (SSSR count). The number of anilines is 1. The number of hydrogen-bond acceptors (Lipinski definition) is 2. The summed E-state index contributed by atoms with van der Waals surface area (Å²) in [6, 6.07) is 6.60. The first-order valence-electron chi connectivity index (χ1n) is 5.50. The lowest BCUT2D eigenvalue weighted by atomic mass is 9.98. The second kappa shape index (κ2) is 5.17. The van der Waals surface area contributed by atoms with Crippen LogP contribution in [0.15, 0.2) is 18.2 Å². The molecule has 0 aromatic heterocycles. The van der Waals surface area contributed by atoms with Crippen molar-refractivity contribution in [1.29, 1.82) is 0 Å². The molecule has 0 heterocycles. The Bertz CT molecular complexity index is 316. The van der Waals surface area contributed by atoms with Gasteiger partial charge in [-0.25, -0.2) is 0 Å². The lowest BCUT2D eigenvalue weighted by molar-refractivity contribution is 0.440. The van der Waals surface area contributed by atoms with E-state index in [1.807, 2.05) is 0 Å². The monoisotopic (exact) mass is 206 g/mol. The highest BCUT2D eigenvalue weighted by atomic mass is 15.2. The van der Waals surface area contributed by atoms with Crippen molar-refractivity contribution >= 4 is 5.69 Å². The van der Waals surface area contributed by atoms with Crippen LogP contribution in [-0.4, -0.2) is 25.7 Å². The van der Waals surface area contributed by atoms with Crippen LogP contribution in [-0.2, 0) is 0 Å². The smallest absolute Gasteiger partial charge is 0.0673 e. The molecule has 0 unspecified atom stereocenters. The Kier molecular flexibility index (Phi) is 4.15. The number of nitrogens with one attached hydrogen (secondary N) is 1. The maximum atomic E-state index is 3.38. The van der Waals surface area contributed by atoms with Crippen molar-refractivity contribution in [2.75, 3.05) is 26.1 Å². The van der Waals surface area contributed by atoms with Gasteiger partial charge in [0, 0.05) is 5.69 Å². The summed E-state index contributed by atoms with van der Waals surface area (Å²) in [5.74, 6) is 0.605. The van der Waals surface area contributed by atoms with Crippen LogP contribution < -0.4 is 5.32 Å². The molecule has 0 radical (unpaired) electrons. The van der Waals surface area contributed by atoms with Crippen molar-refractivity contribution in [3.05, 3.63) is 29.3 Å². The van der Waals surface area contributed by atoms with Gasteiger partial charge in [-0.15, -0.1) is 0 Å². The second-order valence-corrected chi connectivity index (χ2v) is 4.64. The van der Waals surface area contributed by atoms with Crippen LogP contribution in [0.5, 0.6) is 0 Å². The molecule has 0 aliphatic heterocycles. The fourth-order valence-electron chi connectivity index (χ4n) is 1.68. The fraction of sp³-hybridized carbons (Fsp3) is 0.538. The molecule has 0 spiro atoms. The summed E-state index contributed by atoms with van der Waals surface area (Å²) >= 11 is 0. The zero-order valence-corrected chi connectivity index (χ0v) is 10.5. The third kappa shape index (κ3) is 3.56. The van der Waals surface area contributed by atoms with Crippen LogP contribution in [0.4, 0.5) is 5.69 Å². The molecule has 84 valence electrons. The molecule has 0 bridgehead atoms. The van der Waals surface area contributed by atoms with Crippen molar-refractivity contribution in [2.45, 2.75) is 26.7 Å². The number of nitrogens with zero attached hydrogens (tertiary/aromatic N) is 1. The zero-order chi connectivity index (χ0) is 11.4. The standard InChI is InChI=1S/C13H22N2/c1-10(2)13-7-6-12(8-11(13)3)14-9-15(4)5/h6-8,10,14H,9H2,1-5H3. The normalized spacial score (nSPS) is 11.1. The molecule has 0 saturated carbocycles. The van der Waals surface area contributed by atoms with Crippen molar-refractivity contribution in [3.63, 3.8) is 0 Å². The van der Waals surface area contributed by atoms with Gasteiger partial charge in [-0.2, -0.15) is 0 Å². The van der Waals surface area contributed by atoms with E-state index in [2.05, 4.69) is 63.3 Å². The molecule has 1 aromatic carbocycles. The van der Waals surface area contributed by atoms with E-state index in [1.54, 1.807) is 0 Å². The summed E-state index contributed by atoms with van der Waals surface area (Å²) in [4.78, 5) is 2.12. The molecule has 0 amide bonds. The van der Waals surface area contributed by atoms with Gasteiger partial charge in [-0.05, 0) is 50.2 Å².